The first-order valence-electron chi connectivity index (χ1n) is 6.37. The SMILES string of the molecule is Clc1cnc(NCc2ccccc2-n2cccn2)c(Br)c1. The van der Waals surface area contributed by atoms with Gasteiger partial charge in [0.2, 0.25) is 0 Å². The van der Waals surface area contributed by atoms with Gasteiger partial charge in [-0.15, -0.1) is 0 Å². The van der Waals surface area contributed by atoms with Gasteiger partial charge in [-0.25, -0.2) is 9.67 Å². The maximum atomic E-state index is 5.90. The van der Waals surface area contributed by atoms with E-state index < -0.39 is 0 Å². The third kappa shape index (κ3) is 3.25. The molecule has 0 spiro atoms. The Morgan fingerprint density at radius 2 is 2.10 bits per heavy atom. The molecular formula is C15H12BrClN4. The first kappa shape index (κ1) is 14.1. The third-order valence-electron chi connectivity index (χ3n) is 3.00. The number of anilines is 1. The summed E-state index contributed by atoms with van der Waals surface area (Å²) in [4.78, 5) is 4.27. The first-order chi connectivity index (χ1) is 10.2. The van der Waals surface area contributed by atoms with Crippen LogP contribution < -0.4 is 5.32 Å². The van der Waals surface area contributed by atoms with E-state index >= 15 is 0 Å². The minimum atomic E-state index is 0.601. The molecule has 0 saturated carbocycles. The summed E-state index contributed by atoms with van der Waals surface area (Å²) in [7, 11) is 0. The highest BCUT2D eigenvalue weighted by Gasteiger charge is 2.06. The highest BCUT2D eigenvalue weighted by molar-refractivity contribution is 9.10. The normalized spacial score (nSPS) is 10.6. The van der Waals surface area contributed by atoms with Crippen LogP contribution in [-0.2, 0) is 6.54 Å². The molecule has 3 aromatic rings. The van der Waals surface area contributed by atoms with Crippen LogP contribution in [-0.4, -0.2) is 14.8 Å². The van der Waals surface area contributed by atoms with Gasteiger partial charge in [0.05, 0.1) is 15.2 Å². The zero-order valence-electron chi connectivity index (χ0n) is 11.0. The molecule has 0 bridgehead atoms. The fraction of sp³-hybridized carbons (Fsp3) is 0.0667. The highest BCUT2D eigenvalue weighted by Crippen LogP contribution is 2.24. The summed E-state index contributed by atoms with van der Waals surface area (Å²) in [5, 5.41) is 8.18. The van der Waals surface area contributed by atoms with E-state index in [0.717, 1.165) is 21.5 Å². The monoisotopic (exact) mass is 362 g/mol. The summed E-state index contributed by atoms with van der Waals surface area (Å²) in [6, 6.07) is 11.8. The maximum absolute atomic E-state index is 5.90. The van der Waals surface area contributed by atoms with E-state index in [-0.39, 0.29) is 0 Å². The fourth-order valence-electron chi connectivity index (χ4n) is 2.02. The van der Waals surface area contributed by atoms with Crippen molar-refractivity contribution in [2.45, 2.75) is 6.54 Å². The summed E-state index contributed by atoms with van der Waals surface area (Å²) in [5.41, 5.74) is 2.17. The number of nitrogens with zero attached hydrogens (tertiary/aromatic N) is 3. The van der Waals surface area contributed by atoms with Crippen molar-refractivity contribution in [3.05, 3.63) is 70.0 Å². The van der Waals surface area contributed by atoms with Gasteiger partial charge in [0.1, 0.15) is 5.82 Å². The van der Waals surface area contributed by atoms with Gasteiger partial charge in [-0.05, 0) is 39.7 Å². The molecule has 0 amide bonds. The van der Waals surface area contributed by atoms with Gasteiger partial charge in [-0.1, -0.05) is 29.8 Å². The van der Waals surface area contributed by atoms with Gasteiger partial charge in [-0.3, -0.25) is 0 Å². The van der Waals surface area contributed by atoms with Crippen molar-refractivity contribution < 1.29 is 0 Å². The molecule has 2 aromatic heterocycles. The van der Waals surface area contributed by atoms with E-state index in [4.69, 9.17) is 11.6 Å². The minimum Gasteiger partial charge on any atom is -0.365 e. The van der Waals surface area contributed by atoms with Crippen LogP contribution in [0.4, 0.5) is 5.82 Å². The van der Waals surface area contributed by atoms with Crippen molar-refractivity contribution in [3.63, 3.8) is 0 Å². The lowest BCUT2D eigenvalue weighted by Crippen LogP contribution is -2.06. The van der Waals surface area contributed by atoms with E-state index in [9.17, 15) is 0 Å². The number of hydrogen-bond acceptors (Lipinski definition) is 3. The topological polar surface area (TPSA) is 42.7 Å². The van der Waals surface area contributed by atoms with Crippen LogP contribution in [0.1, 0.15) is 5.56 Å². The lowest BCUT2D eigenvalue weighted by molar-refractivity contribution is 0.863. The van der Waals surface area contributed by atoms with Crippen molar-refractivity contribution in [3.8, 4) is 5.69 Å². The van der Waals surface area contributed by atoms with E-state index in [1.807, 2.05) is 41.2 Å². The van der Waals surface area contributed by atoms with Crippen LogP contribution in [0.3, 0.4) is 0 Å². The average molecular weight is 364 g/mol. The minimum absolute atomic E-state index is 0.601. The average Bonchev–Trinajstić information content (AvgIpc) is 3.01. The Labute approximate surface area is 135 Å². The van der Waals surface area contributed by atoms with Crippen molar-refractivity contribution in [2.75, 3.05) is 5.32 Å². The van der Waals surface area contributed by atoms with Gasteiger partial charge in [-0.2, -0.15) is 5.10 Å². The Bertz CT molecular complexity index is 743. The number of pyridine rings is 1. The zero-order valence-corrected chi connectivity index (χ0v) is 13.3. The Morgan fingerprint density at radius 3 is 2.86 bits per heavy atom. The van der Waals surface area contributed by atoms with Crippen LogP contribution in [0.25, 0.3) is 5.69 Å². The van der Waals surface area contributed by atoms with Crippen LogP contribution in [0, 0.1) is 0 Å². The van der Waals surface area contributed by atoms with Crippen LogP contribution in [0.5, 0.6) is 0 Å². The van der Waals surface area contributed by atoms with Gasteiger partial charge >= 0.3 is 0 Å². The molecule has 0 radical (unpaired) electrons. The Hall–Kier alpha value is -1.85. The second-order valence-electron chi connectivity index (χ2n) is 4.42. The van der Waals surface area contributed by atoms with E-state index in [1.54, 1.807) is 12.4 Å². The van der Waals surface area contributed by atoms with Crippen LogP contribution >= 0.6 is 27.5 Å². The maximum Gasteiger partial charge on any atom is 0.140 e. The molecule has 4 nitrogen and oxygen atoms in total. The number of halogens is 2. The van der Waals surface area contributed by atoms with Gasteiger partial charge in [0, 0.05) is 25.1 Å². The molecule has 21 heavy (non-hydrogen) atoms. The van der Waals surface area contributed by atoms with Gasteiger partial charge in [0.15, 0.2) is 0 Å². The number of benzene rings is 1. The molecule has 0 fully saturated rings. The number of aromatic nitrogens is 3. The molecular weight excluding hydrogens is 352 g/mol. The molecule has 1 aromatic carbocycles. The molecule has 0 atom stereocenters. The first-order valence-corrected chi connectivity index (χ1v) is 7.54. The summed E-state index contributed by atoms with van der Waals surface area (Å²) in [6.07, 6.45) is 5.31. The van der Waals surface area contributed by atoms with Crippen molar-refractivity contribution >= 4 is 33.3 Å². The molecule has 2 heterocycles. The number of para-hydroxylation sites is 1. The summed E-state index contributed by atoms with van der Waals surface area (Å²) in [5.74, 6) is 0.759. The Kier molecular flexibility index (Phi) is 4.22. The molecule has 0 aliphatic rings. The Balaban J connectivity index is 1.83. The molecule has 0 saturated heterocycles. The summed E-state index contributed by atoms with van der Waals surface area (Å²) in [6.45, 7) is 0.642. The van der Waals surface area contributed by atoms with Crippen molar-refractivity contribution in [1.29, 1.82) is 0 Å². The second-order valence-corrected chi connectivity index (χ2v) is 5.71. The molecule has 6 heteroatoms. The predicted molar refractivity (Wildman–Crippen MR) is 87.8 cm³/mol. The molecule has 106 valence electrons. The molecule has 3 rings (SSSR count). The number of nitrogens with one attached hydrogen (secondary N) is 1. The van der Waals surface area contributed by atoms with E-state index in [1.165, 1.54) is 0 Å². The smallest absolute Gasteiger partial charge is 0.140 e. The number of hydrogen-bond donors (Lipinski definition) is 1. The lowest BCUT2D eigenvalue weighted by atomic mass is 10.2. The summed E-state index contributed by atoms with van der Waals surface area (Å²) < 4.78 is 2.69. The Morgan fingerprint density at radius 1 is 1.24 bits per heavy atom. The molecule has 0 aliphatic carbocycles. The van der Waals surface area contributed by atoms with E-state index in [2.05, 4.69) is 37.4 Å². The van der Waals surface area contributed by atoms with Gasteiger partial charge in [0.25, 0.3) is 0 Å². The second kappa shape index (κ2) is 6.28. The quantitative estimate of drug-likeness (QED) is 0.751. The van der Waals surface area contributed by atoms with Crippen LogP contribution in [0.15, 0.2) is 59.5 Å². The summed E-state index contributed by atoms with van der Waals surface area (Å²) >= 11 is 9.35. The van der Waals surface area contributed by atoms with Gasteiger partial charge < -0.3 is 5.32 Å². The number of rotatable bonds is 4. The third-order valence-corrected chi connectivity index (χ3v) is 3.81. The van der Waals surface area contributed by atoms with Crippen molar-refractivity contribution in [1.82, 2.24) is 14.8 Å². The predicted octanol–water partition coefficient (Wildman–Crippen LogP) is 4.30. The molecule has 1 N–H and O–H groups in total. The largest absolute Gasteiger partial charge is 0.365 e. The zero-order chi connectivity index (χ0) is 14.7. The highest BCUT2D eigenvalue weighted by atomic mass is 79.9. The van der Waals surface area contributed by atoms with Crippen LogP contribution in [0.2, 0.25) is 5.02 Å². The fourth-order valence-corrected chi connectivity index (χ4v) is 2.80. The molecule has 0 aliphatic heterocycles. The standard InChI is InChI=1S/C15H12BrClN4/c16-13-8-12(17)10-19-15(13)18-9-11-4-1-2-5-14(11)21-7-3-6-20-21/h1-8,10H,9H2,(H,18,19). The van der Waals surface area contributed by atoms with Crippen molar-refractivity contribution in [2.24, 2.45) is 0 Å². The van der Waals surface area contributed by atoms with E-state index in [0.29, 0.717) is 11.6 Å². The lowest BCUT2D eigenvalue weighted by Gasteiger charge is -2.12. The molecule has 0 unspecified atom stereocenters.